The largest absolute Gasteiger partial charge is 0.497 e. The van der Waals surface area contributed by atoms with E-state index in [9.17, 15) is 19.6 Å². The number of aromatic nitrogens is 2. The van der Waals surface area contributed by atoms with Crippen molar-refractivity contribution in [3.8, 4) is 17.6 Å². The summed E-state index contributed by atoms with van der Waals surface area (Å²) in [5, 5.41) is 11.9. The Balaban J connectivity index is 1.79. The van der Waals surface area contributed by atoms with Crippen molar-refractivity contribution >= 4 is 34.5 Å². The van der Waals surface area contributed by atoms with Crippen LogP contribution in [0.3, 0.4) is 0 Å². The van der Waals surface area contributed by atoms with Gasteiger partial charge in [0, 0.05) is 37.7 Å². The molecule has 1 unspecified atom stereocenters. The van der Waals surface area contributed by atoms with E-state index < -0.39 is 64.6 Å². The summed E-state index contributed by atoms with van der Waals surface area (Å²) in [5.74, 6) is 0.221. The third-order valence-electron chi connectivity index (χ3n) is 12.1. The lowest BCUT2D eigenvalue weighted by atomic mass is 9.80. The van der Waals surface area contributed by atoms with E-state index in [2.05, 4.69) is 82.6 Å². The van der Waals surface area contributed by atoms with Gasteiger partial charge in [-0.3, -0.25) is 14.2 Å². The second-order valence-electron chi connectivity index (χ2n) is 18.6. The minimum Gasteiger partial charge on any atom is -0.497 e. The molecule has 0 aliphatic carbocycles. The van der Waals surface area contributed by atoms with Gasteiger partial charge in [-0.1, -0.05) is 75.4 Å². The van der Waals surface area contributed by atoms with E-state index in [1.807, 2.05) is 78.9 Å². The smallest absolute Gasteiger partial charge is 0.351 e. The molecule has 1 aromatic heterocycles. The number of carbonyl (C=O) groups excluding carboxylic acids is 2. The Bertz CT molecular complexity index is 2330. The number of hydrogen-bond donors (Lipinski definition) is 1. The van der Waals surface area contributed by atoms with E-state index in [0.29, 0.717) is 11.5 Å². The van der Waals surface area contributed by atoms with Crippen molar-refractivity contribution in [1.29, 1.82) is 5.26 Å². The number of anilines is 1. The number of ether oxygens (including phenoxy) is 5. The lowest BCUT2D eigenvalue weighted by Crippen LogP contribution is -2.50. The first-order chi connectivity index (χ1) is 32.2. The summed E-state index contributed by atoms with van der Waals surface area (Å²) < 4.78 is 55.8. The molecule has 5 atom stereocenters. The van der Waals surface area contributed by atoms with Gasteiger partial charge in [0.25, 0.3) is 8.53 Å². The standard InChI is InChI=1S/C50H68N5O11PSi/c1-33(2)55(34(3)4)67(63-29-17-28-51)65-44-43(32-62-50(38-18-15-14-16-19-38,39-20-24-41(59-10)25-21-39)40-22-26-42(60-11)27-23-40)64-47(45(44)66-68(12,13)49(7,8)9)54-30-37(31-61-36(6)57)46(52-35(5)56)53-48(54)58/h14-16,18-27,30,33-34,43-45,47H,17,29,31-32H2,1-13H3,(H,52,53,56,58)/t43-,44-,45-,47-,67?/m1/s1. The molecule has 18 heteroatoms. The maximum absolute atomic E-state index is 14.4. The fraction of sp³-hybridized carbons (Fsp3) is 0.500. The van der Waals surface area contributed by atoms with Gasteiger partial charge < -0.3 is 42.5 Å². The summed E-state index contributed by atoms with van der Waals surface area (Å²) in [6.45, 7) is 21.0. The Morgan fingerprint density at radius 1 is 0.897 bits per heavy atom. The zero-order chi connectivity index (χ0) is 50.0. The van der Waals surface area contributed by atoms with Crippen LogP contribution in [0.2, 0.25) is 18.1 Å². The highest BCUT2D eigenvalue weighted by molar-refractivity contribution is 7.44. The molecule has 0 spiro atoms. The number of nitrogens with one attached hydrogen (secondary N) is 1. The normalized spacial score (nSPS) is 18.1. The van der Waals surface area contributed by atoms with Crippen LogP contribution in [0.4, 0.5) is 5.82 Å². The van der Waals surface area contributed by atoms with E-state index in [-0.39, 0.29) is 54.7 Å². The van der Waals surface area contributed by atoms with Crippen LogP contribution in [-0.4, -0.2) is 92.2 Å². The van der Waals surface area contributed by atoms with Crippen molar-refractivity contribution < 1.29 is 46.7 Å². The van der Waals surface area contributed by atoms with Gasteiger partial charge in [0.15, 0.2) is 14.5 Å². The predicted octanol–water partition coefficient (Wildman–Crippen LogP) is 9.24. The van der Waals surface area contributed by atoms with Crippen LogP contribution in [0.25, 0.3) is 0 Å². The number of esters is 1. The molecule has 4 aromatic rings. The number of carbonyl (C=O) groups is 2. The Morgan fingerprint density at radius 2 is 1.46 bits per heavy atom. The van der Waals surface area contributed by atoms with Crippen molar-refractivity contribution in [3.63, 3.8) is 0 Å². The molecule has 68 heavy (non-hydrogen) atoms. The van der Waals surface area contributed by atoms with Gasteiger partial charge >= 0.3 is 11.7 Å². The third kappa shape index (κ3) is 12.8. The maximum atomic E-state index is 14.4. The molecule has 1 aliphatic heterocycles. The molecule has 368 valence electrons. The highest BCUT2D eigenvalue weighted by Gasteiger charge is 2.54. The van der Waals surface area contributed by atoms with Gasteiger partial charge in [0.2, 0.25) is 5.91 Å². The molecule has 1 aliphatic rings. The number of nitriles is 1. The molecule has 5 rings (SSSR count). The molecule has 1 amide bonds. The molecule has 1 N–H and O–H groups in total. The summed E-state index contributed by atoms with van der Waals surface area (Å²) in [5.41, 5.74) is 0.599. The number of hydrogen-bond acceptors (Lipinski definition) is 14. The van der Waals surface area contributed by atoms with Crippen molar-refractivity contribution in [2.45, 2.75) is 136 Å². The van der Waals surface area contributed by atoms with Crippen LogP contribution in [0, 0.1) is 11.3 Å². The van der Waals surface area contributed by atoms with Crippen LogP contribution in [-0.2, 0) is 49.5 Å². The molecule has 1 saturated heterocycles. The van der Waals surface area contributed by atoms with E-state index in [0.717, 1.165) is 16.7 Å². The number of benzene rings is 3. The van der Waals surface area contributed by atoms with Gasteiger partial charge in [0.05, 0.1) is 39.9 Å². The topological polar surface area (TPSA) is 182 Å². The van der Waals surface area contributed by atoms with Crippen molar-refractivity contribution in [3.05, 3.63) is 118 Å². The molecular weight excluding hydrogens is 906 g/mol. The van der Waals surface area contributed by atoms with Crippen molar-refractivity contribution in [2.75, 3.05) is 32.8 Å². The Labute approximate surface area is 403 Å². The summed E-state index contributed by atoms with van der Waals surface area (Å²) in [6, 6.07) is 27.3. The maximum Gasteiger partial charge on any atom is 0.351 e. The highest BCUT2D eigenvalue weighted by Crippen LogP contribution is 2.52. The van der Waals surface area contributed by atoms with Gasteiger partial charge in [-0.15, -0.1) is 0 Å². The van der Waals surface area contributed by atoms with Crippen molar-refractivity contribution in [1.82, 2.24) is 14.2 Å². The lowest BCUT2D eigenvalue weighted by molar-refractivity contribution is -0.142. The quantitative estimate of drug-likeness (QED) is 0.0259. The lowest BCUT2D eigenvalue weighted by Gasteiger charge is -2.42. The van der Waals surface area contributed by atoms with E-state index in [4.69, 9.17) is 37.2 Å². The van der Waals surface area contributed by atoms with E-state index in [1.54, 1.807) is 14.2 Å². The zero-order valence-electron chi connectivity index (χ0n) is 41.6. The molecule has 0 bridgehead atoms. The monoisotopic (exact) mass is 973 g/mol. The molecule has 0 radical (unpaired) electrons. The number of amides is 1. The first-order valence-corrected chi connectivity index (χ1v) is 26.8. The summed E-state index contributed by atoms with van der Waals surface area (Å²) in [4.78, 5) is 43.1. The number of rotatable bonds is 22. The van der Waals surface area contributed by atoms with Crippen LogP contribution in [0.15, 0.2) is 89.9 Å². The second kappa shape index (κ2) is 23.5. The van der Waals surface area contributed by atoms with E-state index >= 15 is 0 Å². The molecule has 2 heterocycles. The van der Waals surface area contributed by atoms with Crippen LogP contribution < -0.4 is 20.5 Å². The van der Waals surface area contributed by atoms with Crippen molar-refractivity contribution in [2.24, 2.45) is 0 Å². The van der Waals surface area contributed by atoms with Gasteiger partial charge in [-0.05, 0) is 86.8 Å². The fourth-order valence-corrected chi connectivity index (χ4v) is 10.8. The van der Waals surface area contributed by atoms with Crippen LogP contribution >= 0.6 is 8.53 Å². The fourth-order valence-electron chi connectivity index (χ4n) is 7.77. The Kier molecular flexibility index (Phi) is 18.7. The summed E-state index contributed by atoms with van der Waals surface area (Å²) >= 11 is 0. The van der Waals surface area contributed by atoms with Crippen LogP contribution in [0.5, 0.6) is 11.5 Å². The van der Waals surface area contributed by atoms with Gasteiger partial charge in [0.1, 0.15) is 47.8 Å². The average Bonchev–Trinajstić information content (AvgIpc) is 3.60. The summed E-state index contributed by atoms with van der Waals surface area (Å²) in [7, 11) is -1.46. The minimum atomic E-state index is -2.78. The average molecular weight is 974 g/mol. The number of nitrogens with zero attached hydrogens (tertiary/aromatic N) is 4. The number of methoxy groups -OCH3 is 2. The molecular formula is C50H68N5O11PSi. The van der Waals surface area contributed by atoms with Gasteiger partial charge in [-0.2, -0.15) is 10.2 Å². The van der Waals surface area contributed by atoms with E-state index in [1.165, 1.54) is 24.6 Å². The second-order valence-corrected chi connectivity index (χ2v) is 24.8. The van der Waals surface area contributed by atoms with Gasteiger partial charge in [-0.25, -0.2) is 9.46 Å². The predicted molar refractivity (Wildman–Crippen MR) is 263 cm³/mol. The Hall–Kier alpha value is -5.02. The highest BCUT2D eigenvalue weighted by atomic mass is 31.2. The summed E-state index contributed by atoms with van der Waals surface area (Å²) in [6.07, 6.45) is -2.51. The first kappa shape index (κ1) is 53.9. The van der Waals surface area contributed by atoms with Crippen LogP contribution in [0.1, 0.15) is 97.2 Å². The minimum absolute atomic E-state index is 0.0522. The molecule has 1 fully saturated rings. The molecule has 3 aromatic carbocycles. The zero-order valence-corrected chi connectivity index (χ0v) is 43.5. The molecule has 16 nitrogen and oxygen atoms in total. The first-order valence-electron chi connectivity index (χ1n) is 22.8. The Morgan fingerprint density at radius 3 is 1.94 bits per heavy atom. The molecule has 0 saturated carbocycles. The SMILES string of the molecule is COc1ccc(C(OC[C@H]2O[C@@H](n3cc(COC(C)=O)c(NC(C)=O)nc3=O)[C@H](O[Si](C)(C)C(C)(C)C)[C@@H]2OP(OCCC#N)N(C(C)C)C(C)C)(c2ccccc2)c2ccc(OC)cc2)cc1. The third-order valence-corrected chi connectivity index (χ3v) is 18.7.